The van der Waals surface area contributed by atoms with Crippen LogP contribution in [0, 0.1) is 11.3 Å². The van der Waals surface area contributed by atoms with E-state index >= 15 is 0 Å². The van der Waals surface area contributed by atoms with Gasteiger partial charge in [-0.25, -0.2) is 0 Å². The molecule has 0 atom stereocenters. The molecule has 0 aliphatic heterocycles. The molecule has 0 heterocycles. The molecule has 0 spiro atoms. The maximum Gasteiger partial charge on any atom is 0.233 e. The first-order chi connectivity index (χ1) is 7.72. The highest BCUT2D eigenvalue weighted by molar-refractivity contribution is 9.09. The molecule has 16 heavy (non-hydrogen) atoms. The largest absolute Gasteiger partial charge is 0.338 e. The minimum absolute atomic E-state index is 0.0373. The standard InChI is InChI=1S/C12H13BrN2O/c1-2-15(12(16)7-13)9-11-6-4-3-5-10(11)8-14/h3-6H,2,7,9H2,1H3. The zero-order valence-corrected chi connectivity index (χ0v) is 10.7. The summed E-state index contributed by atoms with van der Waals surface area (Å²) in [6.07, 6.45) is 0. The fraction of sp³-hybridized carbons (Fsp3) is 0.333. The minimum Gasteiger partial charge on any atom is -0.338 e. The van der Waals surface area contributed by atoms with E-state index in [4.69, 9.17) is 5.26 Å². The highest BCUT2D eigenvalue weighted by atomic mass is 79.9. The lowest BCUT2D eigenvalue weighted by atomic mass is 10.1. The summed E-state index contributed by atoms with van der Waals surface area (Å²) in [7, 11) is 0. The minimum atomic E-state index is 0.0373. The van der Waals surface area contributed by atoms with Gasteiger partial charge in [-0.2, -0.15) is 5.26 Å². The van der Waals surface area contributed by atoms with Crippen molar-refractivity contribution in [2.75, 3.05) is 11.9 Å². The van der Waals surface area contributed by atoms with E-state index in [1.165, 1.54) is 0 Å². The Morgan fingerprint density at radius 3 is 2.75 bits per heavy atom. The highest BCUT2D eigenvalue weighted by Crippen LogP contribution is 2.11. The molecule has 0 saturated heterocycles. The van der Waals surface area contributed by atoms with Crippen molar-refractivity contribution in [3.05, 3.63) is 35.4 Å². The Labute approximate surface area is 104 Å². The van der Waals surface area contributed by atoms with Crippen LogP contribution in [0.3, 0.4) is 0 Å². The van der Waals surface area contributed by atoms with Crippen LogP contribution < -0.4 is 0 Å². The van der Waals surface area contributed by atoms with Crippen LogP contribution in [0.1, 0.15) is 18.1 Å². The predicted octanol–water partition coefficient (Wildman–Crippen LogP) is 2.30. The number of nitriles is 1. The van der Waals surface area contributed by atoms with Crippen molar-refractivity contribution in [2.45, 2.75) is 13.5 Å². The van der Waals surface area contributed by atoms with E-state index < -0.39 is 0 Å². The molecule has 0 N–H and O–H groups in total. The van der Waals surface area contributed by atoms with Gasteiger partial charge >= 0.3 is 0 Å². The quantitative estimate of drug-likeness (QED) is 0.795. The van der Waals surface area contributed by atoms with Gasteiger partial charge < -0.3 is 4.90 Å². The molecule has 0 aliphatic rings. The first-order valence-electron chi connectivity index (χ1n) is 5.04. The summed E-state index contributed by atoms with van der Waals surface area (Å²) in [6.45, 7) is 3.06. The average molecular weight is 281 g/mol. The summed E-state index contributed by atoms with van der Waals surface area (Å²) < 4.78 is 0. The Bertz CT molecular complexity index is 412. The van der Waals surface area contributed by atoms with Crippen molar-refractivity contribution in [3.63, 3.8) is 0 Å². The van der Waals surface area contributed by atoms with Crippen LogP contribution >= 0.6 is 15.9 Å². The maximum absolute atomic E-state index is 11.5. The normalized spacial score (nSPS) is 9.56. The molecule has 4 heteroatoms. The lowest BCUT2D eigenvalue weighted by Gasteiger charge is -2.20. The van der Waals surface area contributed by atoms with Crippen LogP contribution in [0.5, 0.6) is 0 Å². The van der Waals surface area contributed by atoms with Crippen LogP contribution in [-0.4, -0.2) is 22.7 Å². The second-order valence-corrected chi connectivity index (χ2v) is 3.87. The Balaban J connectivity index is 2.86. The Morgan fingerprint density at radius 2 is 2.19 bits per heavy atom. The third kappa shape index (κ3) is 3.07. The van der Waals surface area contributed by atoms with E-state index in [-0.39, 0.29) is 5.91 Å². The molecule has 0 aliphatic carbocycles. The van der Waals surface area contributed by atoms with Crippen molar-refractivity contribution in [1.29, 1.82) is 5.26 Å². The summed E-state index contributed by atoms with van der Waals surface area (Å²) >= 11 is 3.15. The molecule has 0 aromatic heterocycles. The van der Waals surface area contributed by atoms with E-state index in [1.807, 2.05) is 25.1 Å². The molecule has 0 saturated carbocycles. The molecule has 3 nitrogen and oxygen atoms in total. The fourth-order valence-corrected chi connectivity index (χ4v) is 1.79. The number of nitrogens with zero attached hydrogens (tertiary/aromatic N) is 2. The smallest absolute Gasteiger partial charge is 0.233 e. The molecular weight excluding hydrogens is 268 g/mol. The van der Waals surface area contributed by atoms with Gasteiger partial charge in [0.1, 0.15) is 0 Å². The van der Waals surface area contributed by atoms with Gasteiger partial charge in [0.2, 0.25) is 5.91 Å². The van der Waals surface area contributed by atoms with Gasteiger partial charge in [-0.05, 0) is 18.6 Å². The molecule has 0 fully saturated rings. The van der Waals surface area contributed by atoms with E-state index in [2.05, 4.69) is 22.0 Å². The molecule has 1 rings (SSSR count). The number of alkyl halides is 1. The molecule has 0 radical (unpaired) electrons. The molecule has 0 bridgehead atoms. The number of hydrogen-bond donors (Lipinski definition) is 0. The van der Waals surface area contributed by atoms with Crippen LogP contribution in [0.4, 0.5) is 0 Å². The van der Waals surface area contributed by atoms with Crippen LogP contribution in [0.2, 0.25) is 0 Å². The Morgan fingerprint density at radius 1 is 1.50 bits per heavy atom. The Hall–Kier alpha value is -1.34. The van der Waals surface area contributed by atoms with Gasteiger partial charge in [0.05, 0.1) is 17.0 Å². The average Bonchev–Trinajstić information content (AvgIpc) is 2.35. The molecule has 84 valence electrons. The number of amides is 1. The summed E-state index contributed by atoms with van der Waals surface area (Å²) in [6, 6.07) is 9.48. The molecule has 1 aromatic carbocycles. The third-order valence-electron chi connectivity index (χ3n) is 2.35. The topological polar surface area (TPSA) is 44.1 Å². The zero-order valence-electron chi connectivity index (χ0n) is 9.11. The van der Waals surface area contributed by atoms with Gasteiger partial charge in [0.25, 0.3) is 0 Å². The molecule has 1 aromatic rings. The SMILES string of the molecule is CCN(Cc1ccccc1C#N)C(=O)CBr. The van der Waals surface area contributed by atoms with Gasteiger partial charge in [-0.15, -0.1) is 0 Å². The summed E-state index contributed by atoms with van der Waals surface area (Å²) in [5.41, 5.74) is 1.52. The summed E-state index contributed by atoms with van der Waals surface area (Å²) in [4.78, 5) is 13.3. The summed E-state index contributed by atoms with van der Waals surface area (Å²) in [5.74, 6) is 0.0373. The van der Waals surface area contributed by atoms with Crippen molar-refractivity contribution in [2.24, 2.45) is 0 Å². The first kappa shape index (κ1) is 12.7. The van der Waals surface area contributed by atoms with Crippen molar-refractivity contribution in [1.82, 2.24) is 4.90 Å². The van der Waals surface area contributed by atoms with E-state index in [0.29, 0.717) is 24.0 Å². The van der Waals surface area contributed by atoms with Gasteiger partial charge in [-0.1, -0.05) is 34.1 Å². The Kier molecular flexibility index (Phi) is 5.00. The van der Waals surface area contributed by atoms with Gasteiger partial charge in [0, 0.05) is 13.1 Å². The molecule has 1 amide bonds. The van der Waals surface area contributed by atoms with Crippen molar-refractivity contribution < 1.29 is 4.79 Å². The van der Waals surface area contributed by atoms with Gasteiger partial charge in [0.15, 0.2) is 0 Å². The van der Waals surface area contributed by atoms with Crippen LogP contribution in [-0.2, 0) is 11.3 Å². The van der Waals surface area contributed by atoms with E-state index in [1.54, 1.807) is 11.0 Å². The second-order valence-electron chi connectivity index (χ2n) is 3.31. The fourth-order valence-electron chi connectivity index (χ4n) is 1.43. The van der Waals surface area contributed by atoms with Gasteiger partial charge in [-0.3, -0.25) is 4.79 Å². The predicted molar refractivity (Wildman–Crippen MR) is 66.0 cm³/mol. The number of carbonyl (C=O) groups is 1. The molecule has 0 unspecified atom stereocenters. The lowest BCUT2D eigenvalue weighted by molar-refractivity contribution is -0.128. The monoisotopic (exact) mass is 280 g/mol. The zero-order chi connectivity index (χ0) is 12.0. The summed E-state index contributed by atoms with van der Waals surface area (Å²) in [5, 5.41) is 9.25. The third-order valence-corrected chi connectivity index (χ3v) is 2.83. The van der Waals surface area contributed by atoms with Crippen molar-refractivity contribution >= 4 is 21.8 Å². The lowest BCUT2D eigenvalue weighted by Crippen LogP contribution is -2.31. The highest BCUT2D eigenvalue weighted by Gasteiger charge is 2.12. The number of halogens is 1. The first-order valence-corrected chi connectivity index (χ1v) is 6.16. The van der Waals surface area contributed by atoms with Crippen LogP contribution in [0.25, 0.3) is 0 Å². The van der Waals surface area contributed by atoms with E-state index in [9.17, 15) is 4.79 Å². The van der Waals surface area contributed by atoms with Crippen LogP contribution in [0.15, 0.2) is 24.3 Å². The number of hydrogen-bond acceptors (Lipinski definition) is 2. The van der Waals surface area contributed by atoms with E-state index in [0.717, 1.165) is 5.56 Å². The number of rotatable bonds is 4. The second kappa shape index (κ2) is 6.29. The number of carbonyl (C=O) groups excluding carboxylic acids is 1. The number of benzene rings is 1. The maximum atomic E-state index is 11.5. The van der Waals surface area contributed by atoms with Crippen molar-refractivity contribution in [3.8, 4) is 6.07 Å². The molecular formula is C12H13BrN2O.